The molecule has 2 heterocycles. The van der Waals surface area contributed by atoms with E-state index in [0.717, 1.165) is 32.6 Å². The molecule has 0 saturated carbocycles. The van der Waals surface area contributed by atoms with E-state index in [2.05, 4.69) is 36.0 Å². The zero-order valence-electron chi connectivity index (χ0n) is 14.4. The largest absolute Gasteiger partial charge is 0.341 e. The third-order valence-corrected chi connectivity index (χ3v) is 4.62. The van der Waals surface area contributed by atoms with Gasteiger partial charge in [-0.15, -0.1) is 0 Å². The second-order valence-electron chi connectivity index (χ2n) is 6.59. The molecule has 1 aromatic rings. The molecule has 0 unspecified atom stereocenters. The van der Waals surface area contributed by atoms with Crippen molar-refractivity contribution in [2.75, 3.05) is 47.3 Å². The molecule has 1 atom stereocenters. The summed E-state index contributed by atoms with van der Waals surface area (Å²) in [6.07, 6.45) is 6.08. The minimum atomic E-state index is 0.210. The van der Waals surface area contributed by atoms with Gasteiger partial charge < -0.3 is 14.7 Å². The van der Waals surface area contributed by atoms with Gasteiger partial charge in [0.15, 0.2) is 0 Å². The molecule has 0 N–H and O–H groups in total. The molecule has 2 rings (SSSR count). The van der Waals surface area contributed by atoms with Crippen LogP contribution in [-0.4, -0.2) is 83.8 Å². The third-order valence-electron chi connectivity index (χ3n) is 4.43. The summed E-state index contributed by atoms with van der Waals surface area (Å²) in [6, 6.07) is 0.465. The van der Waals surface area contributed by atoms with E-state index >= 15 is 0 Å². The van der Waals surface area contributed by atoms with Gasteiger partial charge >= 0.3 is 0 Å². The van der Waals surface area contributed by atoms with Crippen LogP contribution in [0.2, 0.25) is 5.02 Å². The van der Waals surface area contributed by atoms with E-state index in [9.17, 15) is 4.79 Å². The molecule has 0 aliphatic carbocycles. The zero-order chi connectivity index (χ0) is 16.8. The van der Waals surface area contributed by atoms with E-state index in [0.29, 0.717) is 24.0 Å². The summed E-state index contributed by atoms with van der Waals surface area (Å²) in [6.45, 7) is 4.37. The Hall–Kier alpha value is -1.11. The fourth-order valence-electron chi connectivity index (χ4n) is 2.91. The highest BCUT2D eigenvalue weighted by molar-refractivity contribution is 6.30. The molecule has 130 valence electrons. The second-order valence-corrected chi connectivity index (χ2v) is 7.03. The molecule has 1 saturated heterocycles. The highest BCUT2D eigenvalue weighted by Gasteiger charge is 2.25. The second kappa shape index (κ2) is 8.66. The van der Waals surface area contributed by atoms with Gasteiger partial charge in [-0.05, 0) is 34.0 Å². The highest BCUT2D eigenvalue weighted by atomic mass is 35.5. The van der Waals surface area contributed by atoms with Crippen molar-refractivity contribution in [1.29, 1.82) is 0 Å². The van der Waals surface area contributed by atoms with Crippen molar-refractivity contribution in [1.82, 2.24) is 24.5 Å². The number of aromatic nitrogens is 2. The first-order valence-corrected chi connectivity index (χ1v) is 8.64. The van der Waals surface area contributed by atoms with Crippen molar-refractivity contribution < 1.29 is 4.79 Å². The quantitative estimate of drug-likeness (QED) is 0.752. The SMILES string of the molecule is CN(C)CCN(C)[C@@H]1CCCN(C(=O)CCn2cc(Cl)cn2)C1. The maximum absolute atomic E-state index is 12.4. The maximum atomic E-state index is 12.4. The minimum Gasteiger partial charge on any atom is -0.341 e. The number of halogens is 1. The van der Waals surface area contributed by atoms with Crippen LogP contribution >= 0.6 is 11.6 Å². The van der Waals surface area contributed by atoms with Crippen LogP contribution < -0.4 is 0 Å². The molecule has 1 amide bonds. The summed E-state index contributed by atoms with van der Waals surface area (Å²) in [5.74, 6) is 0.210. The molecule has 23 heavy (non-hydrogen) atoms. The van der Waals surface area contributed by atoms with Gasteiger partial charge in [0.2, 0.25) is 5.91 Å². The van der Waals surface area contributed by atoms with Crippen LogP contribution in [0.5, 0.6) is 0 Å². The Labute approximate surface area is 144 Å². The lowest BCUT2D eigenvalue weighted by atomic mass is 10.0. The predicted molar refractivity (Wildman–Crippen MR) is 92.6 cm³/mol. The molecule has 1 aromatic heterocycles. The van der Waals surface area contributed by atoms with E-state index in [1.807, 2.05) is 4.90 Å². The Balaban J connectivity index is 1.79. The van der Waals surface area contributed by atoms with E-state index < -0.39 is 0 Å². The highest BCUT2D eigenvalue weighted by Crippen LogP contribution is 2.16. The first-order valence-electron chi connectivity index (χ1n) is 8.26. The number of hydrogen-bond acceptors (Lipinski definition) is 4. The third kappa shape index (κ3) is 5.79. The molecular weight excluding hydrogens is 314 g/mol. The Bertz CT molecular complexity index is 504. The Morgan fingerprint density at radius 3 is 2.83 bits per heavy atom. The fourth-order valence-corrected chi connectivity index (χ4v) is 3.07. The number of carbonyl (C=O) groups excluding carboxylic acids is 1. The van der Waals surface area contributed by atoms with E-state index in [1.165, 1.54) is 6.42 Å². The number of piperidine rings is 1. The average Bonchev–Trinajstić information content (AvgIpc) is 2.95. The first-order chi connectivity index (χ1) is 11.0. The summed E-state index contributed by atoms with van der Waals surface area (Å²) < 4.78 is 1.73. The smallest absolute Gasteiger partial charge is 0.224 e. The van der Waals surface area contributed by atoms with Crippen molar-refractivity contribution in [3.63, 3.8) is 0 Å². The summed E-state index contributed by atoms with van der Waals surface area (Å²) in [7, 11) is 6.34. The summed E-state index contributed by atoms with van der Waals surface area (Å²) in [4.78, 5) is 19.0. The predicted octanol–water partition coefficient (Wildman–Crippen LogP) is 1.41. The minimum absolute atomic E-state index is 0.210. The summed E-state index contributed by atoms with van der Waals surface area (Å²) >= 11 is 5.84. The van der Waals surface area contributed by atoms with Crippen LogP contribution in [0, 0.1) is 0 Å². The van der Waals surface area contributed by atoms with Gasteiger partial charge in [0.1, 0.15) is 0 Å². The van der Waals surface area contributed by atoms with Crippen LogP contribution in [0.3, 0.4) is 0 Å². The average molecular weight is 342 g/mol. The summed E-state index contributed by atoms with van der Waals surface area (Å²) in [5.41, 5.74) is 0. The molecular formula is C16H28ClN5O. The van der Waals surface area contributed by atoms with Crippen LogP contribution in [0.25, 0.3) is 0 Å². The number of nitrogens with zero attached hydrogens (tertiary/aromatic N) is 5. The van der Waals surface area contributed by atoms with E-state index in [1.54, 1.807) is 17.1 Å². The molecule has 6 nitrogen and oxygen atoms in total. The molecule has 0 radical (unpaired) electrons. The number of carbonyl (C=O) groups is 1. The monoisotopic (exact) mass is 341 g/mol. The van der Waals surface area contributed by atoms with Gasteiger partial charge in [0, 0.05) is 51.4 Å². The Morgan fingerprint density at radius 1 is 1.39 bits per heavy atom. The van der Waals surface area contributed by atoms with Crippen LogP contribution in [0.15, 0.2) is 12.4 Å². The number of likely N-dealkylation sites (tertiary alicyclic amines) is 1. The molecule has 1 aliphatic heterocycles. The van der Waals surface area contributed by atoms with Crippen LogP contribution in [-0.2, 0) is 11.3 Å². The van der Waals surface area contributed by atoms with Gasteiger partial charge in [-0.25, -0.2) is 0 Å². The Morgan fingerprint density at radius 2 is 2.17 bits per heavy atom. The summed E-state index contributed by atoms with van der Waals surface area (Å²) in [5, 5.41) is 4.73. The molecule has 7 heteroatoms. The normalized spacial score (nSPS) is 18.9. The van der Waals surface area contributed by atoms with Gasteiger partial charge in [-0.2, -0.15) is 5.10 Å². The van der Waals surface area contributed by atoms with Gasteiger partial charge in [0.05, 0.1) is 11.2 Å². The molecule has 0 aromatic carbocycles. The maximum Gasteiger partial charge on any atom is 0.224 e. The Kier molecular flexibility index (Phi) is 6.87. The number of hydrogen-bond donors (Lipinski definition) is 0. The van der Waals surface area contributed by atoms with E-state index in [4.69, 9.17) is 11.6 Å². The van der Waals surface area contributed by atoms with Gasteiger partial charge in [-0.3, -0.25) is 9.48 Å². The molecule has 1 fully saturated rings. The lowest BCUT2D eigenvalue weighted by Crippen LogP contribution is -2.49. The van der Waals surface area contributed by atoms with Crippen molar-refractivity contribution in [3.05, 3.63) is 17.4 Å². The lowest BCUT2D eigenvalue weighted by Gasteiger charge is -2.38. The number of amides is 1. The standard InChI is InChI=1S/C16H28ClN5O/c1-19(2)9-10-20(3)15-5-4-7-21(13-15)16(23)6-8-22-12-14(17)11-18-22/h11-12,15H,4-10,13H2,1-3H3/t15-/m1/s1. The van der Waals surface area contributed by atoms with Crippen molar-refractivity contribution in [2.45, 2.75) is 31.8 Å². The number of aryl methyl sites for hydroxylation is 1. The fraction of sp³-hybridized carbons (Fsp3) is 0.750. The van der Waals surface area contributed by atoms with Crippen LogP contribution in [0.4, 0.5) is 0 Å². The lowest BCUT2D eigenvalue weighted by molar-refractivity contribution is -0.133. The van der Waals surface area contributed by atoms with Crippen molar-refractivity contribution >= 4 is 17.5 Å². The topological polar surface area (TPSA) is 44.6 Å². The molecule has 0 spiro atoms. The van der Waals surface area contributed by atoms with Gasteiger partial charge in [0.25, 0.3) is 0 Å². The van der Waals surface area contributed by atoms with Crippen LogP contribution in [0.1, 0.15) is 19.3 Å². The van der Waals surface area contributed by atoms with Gasteiger partial charge in [-0.1, -0.05) is 11.6 Å². The number of rotatable bonds is 7. The number of likely N-dealkylation sites (N-methyl/N-ethyl adjacent to an activating group) is 2. The van der Waals surface area contributed by atoms with Crippen molar-refractivity contribution in [2.24, 2.45) is 0 Å². The zero-order valence-corrected chi connectivity index (χ0v) is 15.2. The van der Waals surface area contributed by atoms with Crippen molar-refractivity contribution in [3.8, 4) is 0 Å². The molecule has 0 bridgehead atoms. The first kappa shape index (κ1) is 18.2. The van der Waals surface area contributed by atoms with E-state index in [-0.39, 0.29) is 5.91 Å². The molecule has 1 aliphatic rings.